The van der Waals surface area contributed by atoms with Crippen molar-refractivity contribution in [2.45, 2.75) is 20.3 Å². The van der Waals surface area contributed by atoms with E-state index in [-0.39, 0.29) is 44.1 Å². The molecule has 8 heteroatoms. The zero-order valence-corrected chi connectivity index (χ0v) is 12.2. The number of amides is 2. The van der Waals surface area contributed by atoms with Crippen molar-refractivity contribution in [3.8, 4) is 0 Å². The highest BCUT2D eigenvalue weighted by Crippen LogP contribution is 1.90. The number of esters is 1. The minimum Gasteiger partial charge on any atom is -0.460 e. The van der Waals surface area contributed by atoms with Gasteiger partial charge in [0.25, 0.3) is 0 Å². The summed E-state index contributed by atoms with van der Waals surface area (Å²) in [6, 6.07) is 0. The molecule has 0 aliphatic carbocycles. The lowest BCUT2D eigenvalue weighted by Crippen LogP contribution is -2.33. The largest absolute Gasteiger partial charge is 0.460 e. The molecule has 0 aromatic rings. The molecule has 0 saturated heterocycles. The average Bonchev–Trinajstić information content (AvgIpc) is 2.38. The number of ether oxygens (including phenoxy) is 2. The number of carbonyl (C=O) groups excluding carboxylic acids is 4. The van der Waals surface area contributed by atoms with Crippen LogP contribution < -0.4 is 10.6 Å². The molecule has 118 valence electrons. The molecule has 0 aromatic heterocycles. The first kappa shape index (κ1) is 18.6. The van der Waals surface area contributed by atoms with E-state index in [1.807, 2.05) is 0 Å². The highest BCUT2D eigenvalue weighted by atomic mass is 16.6. The zero-order chi connectivity index (χ0) is 16.3. The summed E-state index contributed by atoms with van der Waals surface area (Å²) in [7, 11) is 0. The Hall–Kier alpha value is -2.38. The van der Waals surface area contributed by atoms with Crippen LogP contribution in [0.25, 0.3) is 0 Å². The summed E-state index contributed by atoms with van der Waals surface area (Å²) < 4.78 is 9.49. The van der Waals surface area contributed by atoms with Gasteiger partial charge in [-0.05, 0) is 13.8 Å². The number of carbonyl (C=O) groups is 4. The van der Waals surface area contributed by atoms with Gasteiger partial charge in [0.05, 0.1) is 19.5 Å². The van der Waals surface area contributed by atoms with E-state index in [4.69, 9.17) is 9.47 Å². The lowest BCUT2D eigenvalue weighted by Gasteiger charge is -2.08. The maximum Gasteiger partial charge on any atom is 0.407 e. The second kappa shape index (κ2) is 10.4. The van der Waals surface area contributed by atoms with Crippen molar-refractivity contribution in [1.29, 1.82) is 0 Å². The van der Waals surface area contributed by atoms with Crippen LogP contribution in [-0.2, 0) is 23.9 Å². The summed E-state index contributed by atoms with van der Waals surface area (Å²) in [6.07, 6.45) is -0.887. The number of hydrogen-bond donors (Lipinski definition) is 2. The van der Waals surface area contributed by atoms with Crippen LogP contribution in [0.5, 0.6) is 0 Å². The molecule has 0 atom stereocenters. The Labute approximate surface area is 122 Å². The summed E-state index contributed by atoms with van der Waals surface area (Å²) in [4.78, 5) is 43.9. The first-order chi connectivity index (χ1) is 9.82. The lowest BCUT2D eigenvalue weighted by molar-refractivity contribution is -0.138. The van der Waals surface area contributed by atoms with Crippen LogP contribution in [0.1, 0.15) is 20.3 Å². The van der Waals surface area contributed by atoms with Crippen LogP contribution in [-0.4, -0.2) is 50.1 Å². The fraction of sp³-hybridized carbons (Fsp3) is 0.538. The van der Waals surface area contributed by atoms with Crippen molar-refractivity contribution < 1.29 is 28.7 Å². The third kappa shape index (κ3) is 11.2. The first-order valence-corrected chi connectivity index (χ1v) is 6.32. The van der Waals surface area contributed by atoms with E-state index in [9.17, 15) is 19.2 Å². The maximum absolute atomic E-state index is 11.2. The Bertz CT molecular complexity index is 419. The van der Waals surface area contributed by atoms with Gasteiger partial charge in [-0.1, -0.05) is 6.58 Å². The van der Waals surface area contributed by atoms with Gasteiger partial charge in [0.2, 0.25) is 5.91 Å². The number of hydrogen-bond acceptors (Lipinski definition) is 6. The van der Waals surface area contributed by atoms with Crippen molar-refractivity contribution in [3.05, 3.63) is 12.2 Å². The molecule has 0 aromatic carbocycles. The number of rotatable bonds is 9. The Morgan fingerprint density at radius 3 is 2.10 bits per heavy atom. The van der Waals surface area contributed by atoms with Gasteiger partial charge in [0, 0.05) is 5.57 Å². The van der Waals surface area contributed by atoms with Crippen molar-refractivity contribution >= 4 is 23.8 Å². The first-order valence-electron chi connectivity index (χ1n) is 6.32. The molecule has 0 spiro atoms. The monoisotopic (exact) mass is 300 g/mol. The van der Waals surface area contributed by atoms with Gasteiger partial charge < -0.3 is 20.1 Å². The van der Waals surface area contributed by atoms with Gasteiger partial charge in [-0.2, -0.15) is 0 Å². The number of Topliss-reactive ketones (excluding diaryl/α,β-unsaturated/α-hetero) is 1. The minimum atomic E-state index is -0.692. The third-order valence-electron chi connectivity index (χ3n) is 2.02. The number of nitrogens with one attached hydrogen (secondary N) is 2. The second-order valence-electron chi connectivity index (χ2n) is 4.21. The van der Waals surface area contributed by atoms with Gasteiger partial charge in [0.15, 0.2) is 0 Å². The quantitative estimate of drug-likeness (QED) is 0.267. The highest BCUT2D eigenvalue weighted by molar-refractivity contribution is 5.96. The summed E-state index contributed by atoms with van der Waals surface area (Å²) in [6.45, 7) is 6.44. The molecule has 2 amide bonds. The molecule has 0 heterocycles. The van der Waals surface area contributed by atoms with E-state index < -0.39 is 18.0 Å². The predicted molar refractivity (Wildman–Crippen MR) is 73.4 cm³/mol. The predicted octanol–water partition coefficient (Wildman–Crippen LogP) is -0.0728. The summed E-state index contributed by atoms with van der Waals surface area (Å²) in [5.74, 6) is -1.19. The molecule has 0 aliphatic rings. The molecule has 0 rings (SSSR count). The van der Waals surface area contributed by atoms with Gasteiger partial charge in [-0.3, -0.25) is 9.59 Å². The van der Waals surface area contributed by atoms with E-state index in [0.29, 0.717) is 0 Å². The maximum atomic E-state index is 11.2. The van der Waals surface area contributed by atoms with E-state index >= 15 is 0 Å². The lowest BCUT2D eigenvalue weighted by atomic mass is 10.3. The molecule has 21 heavy (non-hydrogen) atoms. The Morgan fingerprint density at radius 1 is 0.952 bits per heavy atom. The van der Waals surface area contributed by atoms with Crippen molar-refractivity contribution in [2.75, 3.05) is 26.3 Å². The molecular weight excluding hydrogens is 280 g/mol. The fourth-order valence-electron chi connectivity index (χ4n) is 1.09. The van der Waals surface area contributed by atoms with E-state index in [2.05, 4.69) is 17.2 Å². The van der Waals surface area contributed by atoms with Crippen molar-refractivity contribution in [3.63, 3.8) is 0 Å². The van der Waals surface area contributed by atoms with Gasteiger partial charge >= 0.3 is 12.1 Å². The smallest absolute Gasteiger partial charge is 0.407 e. The summed E-state index contributed by atoms with van der Waals surface area (Å²) in [5, 5.41) is 4.78. The standard InChI is InChI=1S/C13H20N2O6/c1-9(2)12(18)20-6-5-15-13(19)21-7-4-14-11(17)8-10(3)16/h1,4-8H2,2-3H3,(H,14,17)(H,15,19). The molecule has 2 N–H and O–H groups in total. The average molecular weight is 300 g/mol. The minimum absolute atomic E-state index is 0.0101. The van der Waals surface area contributed by atoms with Crippen LogP contribution in [0.15, 0.2) is 12.2 Å². The highest BCUT2D eigenvalue weighted by Gasteiger charge is 2.06. The topological polar surface area (TPSA) is 111 Å². The Balaban J connectivity index is 3.55. The number of ketones is 1. The summed E-state index contributed by atoms with van der Waals surface area (Å²) in [5.41, 5.74) is 0.277. The molecule has 0 fully saturated rings. The molecular formula is C13H20N2O6. The zero-order valence-electron chi connectivity index (χ0n) is 12.2. The van der Waals surface area contributed by atoms with Gasteiger partial charge in [-0.15, -0.1) is 0 Å². The molecule has 0 bridgehead atoms. The van der Waals surface area contributed by atoms with Gasteiger partial charge in [0.1, 0.15) is 19.0 Å². The Morgan fingerprint density at radius 2 is 1.52 bits per heavy atom. The molecule has 0 aliphatic heterocycles. The van der Waals surface area contributed by atoms with Crippen molar-refractivity contribution in [2.24, 2.45) is 0 Å². The number of alkyl carbamates (subject to hydrolysis) is 1. The summed E-state index contributed by atoms with van der Waals surface area (Å²) >= 11 is 0. The van der Waals surface area contributed by atoms with Crippen LogP contribution in [0.4, 0.5) is 4.79 Å². The third-order valence-corrected chi connectivity index (χ3v) is 2.02. The van der Waals surface area contributed by atoms with E-state index in [1.54, 1.807) is 0 Å². The van der Waals surface area contributed by atoms with Crippen LogP contribution >= 0.6 is 0 Å². The molecule has 0 saturated carbocycles. The van der Waals surface area contributed by atoms with E-state index in [0.717, 1.165) is 0 Å². The SMILES string of the molecule is C=C(C)C(=O)OCCNC(=O)OCCNC(=O)CC(C)=O. The van der Waals surface area contributed by atoms with Crippen molar-refractivity contribution in [1.82, 2.24) is 10.6 Å². The Kier molecular flexibility index (Phi) is 9.23. The molecule has 0 radical (unpaired) electrons. The normalized spacial score (nSPS) is 9.43. The van der Waals surface area contributed by atoms with E-state index in [1.165, 1.54) is 13.8 Å². The van der Waals surface area contributed by atoms with Crippen LogP contribution in [0.2, 0.25) is 0 Å². The second-order valence-corrected chi connectivity index (χ2v) is 4.21. The van der Waals surface area contributed by atoms with Crippen LogP contribution in [0.3, 0.4) is 0 Å². The van der Waals surface area contributed by atoms with Crippen LogP contribution in [0, 0.1) is 0 Å². The van der Waals surface area contributed by atoms with Gasteiger partial charge in [-0.25, -0.2) is 9.59 Å². The molecule has 8 nitrogen and oxygen atoms in total. The molecule has 0 unspecified atom stereocenters. The fourth-order valence-corrected chi connectivity index (χ4v) is 1.09.